The number of carbonyl (C=O) groups is 2. The molecule has 100 valence electrons. The number of hydrogen-bond donors (Lipinski definition) is 1. The first-order valence-corrected chi connectivity index (χ1v) is 5.37. The second-order valence-electron chi connectivity index (χ2n) is 4.51. The summed E-state index contributed by atoms with van der Waals surface area (Å²) in [6, 6.07) is 0. The first-order chi connectivity index (χ1) is 8.35. The molecule has 1 aromatic heterocycles. The second kappa shape index (κ2) is 5.52. The van der Waals surface area contributed by atoms with Gasteiger partial charge in [0.25, 0.3) is 0 Å². The van der Waals surface area contributed by atoms with Crippen molar-refractivity contribution in [1.29, 1.82) is 0 Å². The van der Waals surface area contributed by atoms with Crippen molar-refractivity contribution in [1.82, 2.24) is 9.78 Å². The number of nitrogens with two attached hydrogens (primary N) is 1. The Labute approximate surface area is 105 Å². The van der Waals surface area contributed by atoms with Gasteiger partial charge in [0.1, 0.15) is 13.2 Å². The lowest BCUT2D eigenvalue weighted by Gasteiger charge is -2.20. The monoisotopic (exact) mass is 255 g/mol. The van der Waals surface area contributed by atoms with Crippen molar-refractivity contribution in [2.75, 3.05) is 19.5 Å². The van der Waals surface area contributed by atoms with E-state index < -0.39 is 17.4 Å². The Morgan fingerprint density at radius 2 is 2.17 bits per heavy atom. The van der Waals surface area contributed by atoms with Gasteiger partial charge in [-0.2, -0.15) is 5.10 Å². The maximum absolute atomic E-state index is 11.5. The molecule has 0 fully saturated rings. The maximum Gasteiger partial charge on any atom is 0.327 e. The van der Waals surface area contributed by atoms with Crippen LogP contribution in [0, 0.1) is 5.41 Å². The van der Waals surface area contributed by atoms with Gasteiger partial charge in [-0.25, -0.2) is 0 Å². The molecule has 0 bridgehead atoms. The van der Waals surface area contributed by atoms with Crippen LogP contribution < -0.4 is 5.73 Å². The van der Waals surface area contributed by atoms with Crippen LogP contribution in [-0.2, 0) is 25.6 Å². The molecule has 1 aromatic rings. The quantitative estimate of drug-likeness (QED) is 0.755. The number of ether oxygens (including phenoxy) is 2. The molecule has 18 heavy (non-hydrogen) atoms. The maximum atomic E-state index is 11.5. The molecule has 7 nitrogen and oxygen atoms in total. The number of methoxy groups -OCH3 is 1. The third kappa shape index (κ3) is 3.76. The number of carbonyl (C=O) groups excluding carboxylic acids is 2. The molecule has 1 rings (SSSR count). The van der Waals surface area contributed by atoms with Gasteiger partial charge in [-0.1, -0.05) is 0 Å². The third-order valence-corrected chi connectivity index (χ3v) is 2.28. The molecule has 0 aliphatic rings. The average Bonchev–Trinajstić information content (AvgIpc) is 2.71. The van der Waals surface area contributed by atoms with Crippen molar-refractivity contribution in [3.8, 4) is 0 Å². The van der Waals surface area contributed by atoms with E-state index in [1.165, 1.54) is 24.2 Å². The van der Waals surface area contributed by atoms with Gasteiger partial charge in [0, 0.05) is 6.20 Å². The van der Waals surface area contributed by atoms with E-state index in [0.29, 0.717) is 5.69 Å². The van der Waals surface area contributed by atoms with E-state index in [2.05, 4.69) is 9.84 Å². The summed E-state index contributed by atoms with van der Waals surface area (Å²) >= 11 is 0. The second-order valence-corrected chi connectivity index (χ2v) is 4.51. The van der Waals surface area contributed by atoms with Crippen LogP contribution >= 0.6 is 0 Å². The minimum atomic E-state index is -0.868. The van der Waals surface area contributed by atoms with E-state index in [0.717, 1.165) is 0 Å². The largest absolute Gasteiger partial charge is 0.469 e. The van der Waals surface area contributed by atoms with Crippen molar-refractivity contribution in [3.05, 3.63) is 12.4 Å². The molecule has 0 aromatic carbocycles. The van der Waals surface area contributed by atoms with Crippen molar-refractivity contribution < 1.29 is 19.1 Å². The topological polar surface area (TPSA) is 96.4 Å². The lowest BCUT2D eigenvalue weighted by molar-refractivity contribution is -0.159. The van der Waals surface area contributed by atoms with Crippen molar-refractivity contribution in [2.45, 2.75) is 20.4 Å². The molecule has 1 heterocycles. The molecule has 7 heteroatoms. The average molecular weight is 255 g/mol. The Morgan fingerprint density at radius 1 is 1.50 bits per heavy atom. The first kappa shape index (κ1) is 14.0. The number of hydrogen-bond acceptors (Lipinski definition) is 6. The lowest BCUT2D eigenvalue weighted by Crippen LogP contribution is -2.32. The number of nitrogen functional groups attached to an aromatic ring is 1. The summed E-state index contributed by atoms with van der Waals surface area (Å²) in [4.78, 5) is 22.9. The zero-order valence-electron chi connectivity index (χ0n) is 10.7. The fraction of sp³-hybridized carbons (Fsp3) is 0.545. The number of aromatic nitrogens is 2. The van der Waals surface area contributed by atoms with Gasteiger partial charge in [0.15, 0.2) is 0 Å². The van der Waals surface area contributed by atoms with Gasteiger partial charge in [0.05, 0.1) is 24.4 Å². The summed E-state index contributed by atoms with van der Waals surface area (Å²) in [6.07, 6.45) is 2.96. The van der Waals surface area contributed by atoms with Crippen LogP contribution in [0.3, 0.4) is 0 Å². The van der Waals surface area contributed by atoms with E-state index in [4.69, 9.17) is 10.5 Å². The molecule has 0 saturated heterocycles. The van der Waals surface area contributed by atoms with Gasteiger partial charge < -0.3 is 15.2 Å². The van der Waals surface area contributed by atoms with Crippen LogP contribution in [0.15, 0.2) is 12.4 Å². The van der Waals surface area contributed by atoms with Gasteiger partial charge in [0.2, 0.25) is 0 Å². The Morgan fingerprint density at radius 3 is 2.67 bits per heavy atom. The molecule has 0 saturated carbocycles. The number of nitrogens with zero attached hydrogens (tertiary/aromatic N) is 2. The lowest BCUT2D eigenvalue weighted by atomic mass is 9.95. The Bertz CT molecular complexity index is 439. The fourth-order valence-corrected chi connectivity index (χ4v) is 1.24. The Hall–Kier alpha value is -2.05. The van der Waals surface area contributed by atoms with Crippen LogP contribution in [0.25, 0.3) is 0 Å². The van der Waals surface area contributed by atoms with E-state index in [-0.39, 0.29) is 13.2 Å². The molecule has 0 atom stereocenters. The van der Waals surface area contributed by atoms with Gasteiger partial charge >= 0.3 is 11.9 Å². The first-order valence-electron chi connectivity index (χ1n) is 5.37. The minimum Gasteiger partial charge on any atom is -0.469 e. The highest BCUT2D eigenvalue weighted by Gasteiger charge is 2.30. The predicted octanol–water partition coefficient (Wildman–Crippen LogP) is 0.208. The molecule has 0 aliphatic heterocycles. The van der Waals surface area contributed by atoms with Gasteiger partial charge in [-0.05, 0) is 13.8 Å². The van der Waals surface area contributed by atoms with Crippen LogP contribution in [0.2, 0.25) is 0 Å². The molecular weight excluding hydrogens is 238 g/mol. The van der Waals surface area contributed by atoms with Crippen molar-refractivity contribution >= 4 is 17.6 Å². The fourth-order valence-electron chi connectivity index (χ4n) is 1.24. The zero-order valence-corrected chi connectivity index (χ0v) is 10.7. The molecule has 0 unspecified atom stereocenters. The van der Waals surface area contributed by atoms with Crippen LogP contribution in [-0.4, -0.2) is 35.4 Å². The number of rotatable bonds is 5. The summed E-state index contributed by atoms with van der Waals surface area (Å²) in [6.45, 7) is 3.18. The summed E-state index contributed by atoms with van der Waals surface area (Å²) < 4.78 is 11.0. The predicted molar refractivity (Wildman–Crippen MR) is 63.4 cm³/mol. The van der Waals surface area contributed by atoms with Crippen molar-refractivity contribution in [2.24, 2.45) is 5.41 Å². The van der Waals surface area contributed by atoms with Crippen LogP contribution in [0.1, 0.15) is 13.8 Å². The highest BCUT2D eigenvalue weighted by Crippen LogP contribution is 2.17. The highest BCUT2D eigenvalue weighted by molar-refractivity contribution is 5.76. The Kier molecular flexibility index (Phi) is 4.30. The van der Waals surface area contributed by atoms with Crippen LogP contribution in [0.5, 0.6) is 0 Å². The smallest absolute Gasteiger partial charge is 0.327 e. The van der Waals surface area contributed by atoms with E-state index in [1.807, 2.05) is 0 Å². The SMILES string of the molecule is COC(=O)C(C)(C)COC(=O)Cn1cc(N)cn1. The number of anilines is 1. The summed E-state index contributed by atoms with van der Waals surface area (Å²) in [5.41, 5.74) is 5.06. The van der Waals surface area contributed by atoms with Gasteiger partial charge in [-0.3, -0.25) is 14.3 Å². The van der Waals surface area contributed by atoms with Crippen LogP contribution in [0.4, 0.5) is 5.69 Å². The molecule has 0 spiro atoms. The number of esters is 2. The summed E-state index contributed by atoms with van der Waals surface area (Å²) in [5.74, 6) is -0.922. The molecule has 0 radical (unpaired) electrons. The minimum absolute atomic E-state index is 0.0464. The third-order valence-electron chi connectivity index (χ3n) is 2.28. The van der Waals surface area contributed by atoms with E-state index in [1.54, 1.807) is 13.8 Å². The van der Waals surface area contributed by atoms with Crippen molar-refractivity contribution in [3.63, 3.8) is 0 Å². The highest BCUT2D eigenvalue weighted by atomic mass is 16.5. The Balaban J connectivity index is 2.44. The normalized spacial score (nSPS) is 11.1. The summed E-state index contributed by atoms with van der Waals surface area (Å²) in [5, 5.41) is 3.85. The molecule has 0 aliphatic carbocycles. The van der Waals surface area contributed by atoms with Gasteiger partial charge in [-0.15, -0.1) is 0 Å². The molecule has 2 N–H and O–H groups in total. The summed E-state index contributed by atoms with van der Waals surface area (Å²) in [7, 11) is 1.29. The molecule has 0 amide bonds. The molecular formula is C11H17N3O4. The zero-order chi connectivity index (χ0) is 13.8. The van der Waals surface area contributed by atoms with E-state index >= 15 is 0 Å². The standard InChI is InChI=1S/C11H17N3O4/c1-11(2,10(16)17-3)7-18-9(15)6-14-5-8(12)4-13-14/h4-5H,6-7,12H2,1-3H3. The van der Waals surface area contributed by atoms with E-state index in [9.17, 15) is 9.59 Å².